The third-order valence-electron chi connectivity index (χ3n) is 4.51. The van der Waals surface area contributed by atoms with Crippen molar-refractivity contribution in [1.82, 2.24) is 15.2 Å². The first-order valence-corrected chi connectivity index (χ1v) is 9.23. The maximum Gasteiger partial charge on any atom is 0.185 e. The molecule has 2 aliphatic rings. The summed E-state index contributed by atoms with van der Waals surface area (Å²) in [6.45, 7) is 8.04. The Labute approximate surface area is 132 Å². The normalized spacial score (nSPS) is 19.3. The van der Waals surface area contributed by atoms with E-state index in [0.717, 1.165) is 25.6 Å². The zero-order valence-electron chi connectivity index (χ0n) is 13.4. The van der Waals surface area contributed by atoms with Gasteiger partial charge in [0.15, 0.2) is 5.13 Å². The minimum absolute atomic E-state index is 0.771. The molecule has 1 saturated carbocycles. The molecule has 1 aromatic heterocycles. The SMILES string of the molecule is CCc1nc(N(C)CCN2CCCC2)sc1CNC1CC1. The summed E-state index contributed by atoms with van der Waals surface area (Å²) in [4.78, 5) is 11.2. The van der Waals surface area contributed by atoms with Crippen molar-refractivity contribution in [2.45, 2.75) is 51.6 Å². The molecule has 5 heteroatoms. The van der Waals surface area contributed by atoms with Crippen LogP contribution < -0.4 is 10.2 Å². The fourth-order valence-corrected chi connectivity index (χ4v) is 3.95. The Kier molecular flexibility index (Phi) is 5.14. The Morgan fingerprint density at radius 1 is 1.33 bits per heavy atom. The molecule has 118 valence electrons. The van der Waals surface area contributed by atoms with Gasteiger partial charge in [-0.2, -0.15) is 0 Å². The molecule has 0 aromatic carbocycles. The van der Waals surface area contributed by atoms with E-state index in [9.17, 15) is 0 Å². The third-order valence-corrected chi connectivity index (χ3v) is 5.72. The fraction of sp³-hybridized carbons (Fsp3) is 0.812. The van der Waals surface area contributed by atoms with Gasteiger partial charge in [-0.25, -0.2) is 4.98 Å². The standard InChI is InChI=1S/C16H28N4S/c1-3-14-15(12-17-13-6-7-13)21-16(18-14)19(2)10-11-20-8-4-5-9-20/h13,17H,3-12H2,1-2H3. The van der Waals surface area contributed by atoms with Crippen LogP contribution in [0.5, 0.6) is 0 Å². The summed E-state index contributed by atoms with van der Waals surface area (Å²) in [7, 11) is 2.19. The van der Waals surface area contributed by atoms with Crippen LogP contribution >= 0.6 is 11.3 Å². The zero-order valence-corrected chi connectivity index (χ0v) is 14.2. The summed E-state index contributed by atoms with van der Waals surface area (Å²) < 4.78 is 0. The van der Waals surface area contributed by atoms with Crippen molar-refractivity contribution < 1.29 is 0 Å². The lowest BCUT2D eigenvalue weighted by molar-refractivity contribution is 0.346. The molecule has 3 rings (SSSR count). The van der Waals surface area contributed by atoms with Gasteiger partial charge in [0.25, 0.3) is 0 Å². The van der Waals surface area contributed by atoms with E-state index in [1.807, 2.05) is 11.3 Å². The van der Waals surface area contributed by atoms with Crippen LogP contribution in [0.15, 0.2) is 0 Å². The largest absolute Gasteiger partial charge is 0.350 e. The second-order valence-corrected chi connectivity index (χ2v) is 7.41. The summed E-state index contributed by atoms with van der Waals surface area (Å²) in [5, 5.41) is 4.81. The van der Waals surface area contributed by atoms with E-state index in [2.05, 4.69) is 29.1 Å². The molecule has 1 aliphatic heterocycles. The lowest BCUT2D eigenvalue weighted by Crippen LogP contribution is -2.31. The molecule has 4 nitrogen and oxygen atoms in total. The molecule has 21 heavy (non-hydrogen) atoms. The predicted molar refractivity (Wildman–Crippen MR) is 90.3 cm³/mol. The van der Waals surface area contributed by atoms with Gasteiger partial charge in [0.1, 0.15) is 0 Å². The summed E-state index contributed by atoms with van der Waals surface area (Å²) in [6, 6.07) is 0.771. The van der Waals surface area contributed by atoms with Crippen LogP contribution in [0.25, 0.3) is 0 Å². The second kappa shape index (κ2) is 7.07. The van der Waals surface area contributed by atoms with Gasteiger partial charge in [0, 0.05) is 37.6 Å². The lowest BCUT2D eigenvalue weighted by atomic mass is 10.3. The highest BCUT2D eigenvalue weighted by molar-refractivity contribution is 7.15. The van der Waals surface area contributed by atoms with Crippen LogP contribution in [0.2, 0.25) is 0 Å². The first-order chi connectivity index (χ1) is 10.3. The van der Waals surface area contributed by atoms with Crippen LogP contribution in [0, 0.1) is 0 Å². The smallest absolute Gasteiger partial charge is 0.185 e. The Morgan fingerprint density at radius 2 is 2.10 bits per heavy atom. The quantitative estimate of drug-likeness (QED) is 0.799. The van der Waals surface area contributed by atoms with Crippen molar-refractivity contribution in [3.05, 3.63) is 10.6 Å². The van der Waals surface area contributed by atoms with Crippen molar-refractivity contribution >= 4 is 16.5 Å². The van der Waals surface area contributed by atoms with Gasteiger partial charge in [-0.1, -0.05) is 6.92 Å². The van der Waals surface area contributed by atoms with Gasteiger partial charge in [0.2, 0.25) is 0 Å². The fourth-order valence-electron chi connectivity index (χ4n) is 2.87. The molecule has 1 aromatic rings. The molecule has 0 spiro atoms. The molecule has 1 saturated heterocycles. The molecule has 2 heterocycles. The summed E-state index contributed by atoms with van der Waals surface area (Å²) >= 11 is 1.88. The van der Waals surface area contributed by atoms with Crippen LogP contribution in [0.1, 0.15) is 43.2 Å². The minimum atomic E-state index is 0.771. The van der Waals surface area contributed by atoms with Gasteiger partial charge in [0.05, 0.1) is 5.69 Å². The monoisotopic (exact) mass is 308 g/mol. The van der Waals surface area contributed by atoms with Gasteiger partial charge in [-0.15, -0.1) is 11.3 Å². The number of hydrogen-bond acceptors (Lipinski definition) is 5. The number of nitrogens with zero attached hydrogens (tertiary/aromatic N) is 3. The molecule has 0 amide bonds. The topological polar surface area (TPSA) is 31.4 Å². The molecule has 0 atom stereocenters. The molecule has 0 radical (unpaired) electrons. The third kappa shape index (κ3) is 4.18. The van der Waals surface area contributed by atoms with Gasteiger partial charge < -0.3 is 15.1 Å². The number of likely N-dealkylation sites (N-methyl/N-ethyl adjacent to an activating group) is 1. The van der Waals surface area contributed by atoms with Gasteiger partial charge in [-0.05, 0) is 45.2 Å². The van der Waals surface area contributed by atoms with Crippen LogP contribution in [-0.2, 0) is 13.0 Å². The first kappa shape index (κ1) is 15.3. The van der Waals surface area contributed by atoms with Crippen molar-refractivity contribution in [2.24, 2.45) is 0 Å². The van der Waals surface area contributed by atoms with Gasteiger partial charge in [-0.3, -0.25) is 0 Å². The Balaban J connectivity index is 1.54. The Morgan fingerprint density at radius 3 is 2.76 bits per heavy atom. The Bertz CT molecular complexity index is 449. The van der Waals surface area contributed by atoms with E-state index in [4.69, 9.17) is 4.98 Å². The molecule has 1 N–H and O–H groups in total. The van der Waals surface area contributed by atoms with Crippen molar-refractivity contribution in [1.29, 1.82) is 0 Å². The van der Waals surface area contributed by atoms with Crippen molar-refractivity contribution in [3.63, 3.8) is 0 Å². The maximum absolute atomic E-state index is 4.86. The van der Waals surface area contributed by atoms with Crippen molar-refractivity contribution in [2.75, 3.05) is 38.1 Å². The van der Waals surface area contributed by atoms with Gasteiger partial charge >= 0.3 is 0 Å². The summed E-state index contributed by atoms with van der Waals surface area (Å²) in [5.74, 6) is 0. The van der Waals surface area contributed by atoms with E-state index in [0.29, 0.717) is 0 Å². The summed E-state index contributed by atoms with van der Waals surface area (Å²) in [6.07, 6.45) is 6.49. The number of thiazole rings is 1. The van der Waals surface area contributed by atoms with E-state index < -0.39 is 0 Å². The number of aryl methyl sites for hydroxylation is 1. The highest BCUT2D eigenvalue weighted by Crippen LogP contribution is 2.27. The highest BCUT2D eigenvalue weighted by atomic mass is 32.1. The average molecular weight is 308 g/mol. The maximum atomic E-state index is 4.86. The molecule has 0 unspecified atom stereocenters. The summed E-state index contributed by atoms with van der Waals surface area (Å²) in [5.41, 5.74) is 1.29. The Hall–Kier alpha value is -0.650. The lowest BCUT2D eigenvalue weighted by Gasteiger charge is -2.20. The molecule has 2 fully saturated rings. The van der Waals surface area contributed by atoms with E-state index in [-0.39, 0.29) is 0 Å². The van der Waals surface area contributed by atoms with Crippen LogP contribution in [0.4, 0.5) is 5.13 Å². The predicted octanol–water partition coefficient (Wildman–Crippen LogP) is 2.49. The van der Waals surface area contributed by atoms with E-state index >= 15 is 0 Å². The average Bonchev–Trinajstić information content (AvgIpc) is 3.03. The number of hydrogen-bond donors (Lipinski definition) is 1. The van der Waals surface area contributed by atoms with Crippen LogP contribution in [0.3, 0.4) is 0 Å². The number of nitrogens with one attached hydrogen (secondary N) is 1. The zero-order chi connectivity index (χ0) is 14.7. The highest BCUT2D eigenvalue weighted by Gasteiger charge is 2.22. The molecule has 1 aliphatic carbocycles. The molecular formula is C16H28N4S. The molecular weight excluding hydrogens is 280 g/mol. The van der Waals surface area contributed by atoms with E-state index in [1.54, 1.807) is 0 Å². The molecule has 0 bridgehead atoms. The van der Waals surface area contributed by atoms with Crippen molar-refractivity contribution in [3.8, 4) is 0 Å². The first-order valence-electron chi connectivity index (χ1n) is 8.41. The van der Waals surface area contributed by atoms with E-state index in [1.165, 1.54) is 61.0 Å². The number of aromatic nitrogens is 1. The number of likely N-dealkylation sites (tertiary alicyclic amines) is 1. The number of anilines is 1. The second-order valence-electron chi connectivity index (χ2n) is 6.35. The van der Waals surface area contributed by atoms with Crippen LogP contribution in [-0.4, -0.2) is 49.2 Å². The minimum Gasteiger partial charge on any atom is -0.350 e. The number of rotatable bonds is 8.